The molecule has 84 valence electrons. The molecule has 0 aliphatic carbocycles. The summed E-state index contributed by atoms with van der Waals surface area (Å²) in [5.74, 6) is 0.815. The predicted molar refractivity (Wildman–Crippen MR) is 62.2 cm³/mol. The van der Waals surface area contributed by atoms with Crippen LogP contribution in [0.5, 0.6) is 5.75 Å². The molecule has 1 unspecified atom stereocenters. The van der Waals surface area contributed by atoms with Gasteiger partial charge in [0, 0.05) is 0 Å². The van der Waals surface area contributed by atoms with E-state index in [1.54, 1.807) is 11.8 Å². The van der Waals surface area contributed by atoms with Crippen LogP contribution in [0, 0.1) is 0 Å². The van der Waals surface area contributed by atoms with Crippen molar-refractivity contribution in [2.75, 3.05) is 7.11 Å². The van der Waals surface area contributed by atoms with E-state index < -0.39 is 0 Å². The number of halogens is 1. The van der Waals surface area contributed by atoms with Crippen molar-refractivity contribution in [2.45, 2.75) is 12.3 Å². The molecule has 16 heavy (non-hydrogen) atoms. The van der Waals surface area contributed by atoms with Gasteiger partial charge in [0.2, 0.25) is 0 Å². The van der Waals surface area contributed by atoms with E-state index in [1.165, 1.54) is 0 Å². The number of methoxy groups -OCH3 is 1. The maximum atomic E-state index is 5.92. The fourth-order valence-electron chi connectivity index (χ4n) is 1.32. The minimum atomic E-state index is -0.132. The normalized spacial score (nSPS) is 12.4. The first kappa shape index (κ1) is 11.0. The second-order valence-electron chi connectivity index (χ2n) is 3.40. The van der Waals surface area contributed by atoms with E-state index >= 15 is 0 Å². The molecule has 1 aromatic carbocycles. The van der Waals surface area contributed by atoms with E-state index in [0.29, 0.717) is 0 Å². The highest BCUT2D eigenvalue weighted by molar-refractivity contribution is 6.20. The predicted octanol–water partition coefficient (Wildman–Crippen LogP) is 2.58. The molecule has 0 N–H and O–H groups in total. The molecule has 1 atom stereocenters. The highest BCUT2D eigenvalue weighted by atomic mass is 35.5. The summed E-state index contributed by atoms with van der Waals surface area (Å²) >= 11 is 5.92. The maximum absolute atomic E-state index is 5.92. The summed E-state index contributed by atoms with van der Waals surface area (Å²) in [7, 11) is 1.64. The average Bonchev–Trinajstić information content (AvgIpc) is 2.78. The maximum Gasteiger partial charge on any atom is 0.119 e. The van der Waals surface area contributed by atoms with Gasteiger partial charge in [0.1, 0.15) is 11.4 Å². The Bertz CT molecular complexity index is 464. The van der Waals surface area contributed by atoms with Crippen molar-refractivity contribution in [1.29, 1.82) is 0 Å². The summed E-state index contributed by atoms with van der Waals surface area (Å²) in [5, 5.41) is 7.86. The van der Waals surface area contributed by atoms with E-state index in [-0.39, 0.29) is 5.38 Å². The Morgan fingerprint density at radius 3 is 2.50 bits per heavy atom. The molecule has 0 bridgehead atoms. The van der Waals surface area contributed by atoms with E-state index in [0.717, 1.165) is 17.1 Å². The lowest BCUT2D eigenvalue weighted by atomic mass is 10.3. The summed E-state index contributed by atoms with van der Waals surface area (Å²) < 4.78 is 6.77. The Morgan fingerprint density at radius 2 is 2.00 bits per heavy atom. The van der Waals surface area contributed by atoms with Crippen LogP contribution < -0.4 is 4.74 Å². The van der Waals surface area contributed by atoms with Gasteiger partial charge in [0.05, 0.1) is 24.4 Å². The molecule has 1 heterocycles. The number of alkyl halides is 1. The molecule has 0 radical (unpaired) electrons. The topological polar surface area (TPSA) is 39.9 Å². The summed E-state index contributed by atoms with van der Waals surface area (Å²) in [4.78, 5) is 0. The van der Waals surface area contributed by atoms with Crippen molar-refractivity contribution in [3.05, 3.63) is 36.2 Å². The van der Waals surface area contributed by atoms with E-state index in [2.05, 4.69) is 10.3 Å². The van der Waals surface area contributed by atoms with Crippen LogP contribution in [0.1, 0.15) is 18.0 Å². The van der Waals surface area contributed by atoms with Crippen LogP contribution in [0.2, 0.25) is 0 Å². The smallest absolute Gasteiger partial charge is 0.119 e. The molecule has 0 saturated carbocycles. The molecule has 5 heteroatoms. The number of benzene rings is 1. The van der Waals surface area contributed by atoms with Gasteiger partial charge in [-0.05, 0) is 31.2 Å². The number of hydrogen-bond acceptors (Lipinski definition) is 3. The lowest BCUT2D eigenvalue weighted by Gasteiger charge is -2.02. The van der Waals surface area contributed by atoms with E-state index in [9.17, 15) is 0 Å². The van der Waals surface area contributed by atoms with Gasteiger partial charge in [-0.3, -0.25) is 0 Å². The van der Waals surface area contributed by atoms with Gasteiger partial charge in [-0.1, -0.05) is 5.21 Å². The molecule has 0 amide bonds. The number of rotatable bonds is 3. The minimum Gasteiger partial charge on any atom is -0.497 e. The van der Waals surface area contributed by atoms with E-state index in [1.807, 2.05) is 37.4 Å². The minimum absolute atomic E-state index is 0.132. The molecule has 4 nitrogen and oxygen atoms in total. The molecule has 0 aliphatic rings. The van der Waals surface area contributed by atoms with Gasteiger partial charge in [-0.15, -0.1) is 16.7 Å². The van der Waals surface area contributed by atoms with Crippen molar-refractivity contribution < 1.29 is 4.74 Å². The molecular formula is C11H12ClN3O. The van der Waals surface area contributed by atoms with Crippen molar-refractivity contribution in [3.8, 4) is 11.4 Å². The van der Waals surface area contributed by atoms with Crippen LogP contribution in [-0.4, -0.2) is 22.1 Å². The van der Waals surface area contributed by atoms with Gasteiger partial charge in [-0.2, -0.15) is 0 Å². The molecule has 2 rings (SSSR count). The highest BCUT2D eigenvalue weighted by Gasteiger charge is 2.07. The van der Waals surface area contributed by atoms with Gasteiger partial charge in [0.25, 0.3) is 0 Å². The molecule has 2 aromatic rings. The molecule has 1 aromatic heterocycles. The Labute approximate surface area is 98.8 Å². The molecular weight excluding hydrogens is 226 g/mol. The third kappa shape index (κ3) is 2.17. The lowest BCUT2D eigenvalue weighted by Crippen LogP contribution is -1.94. The summed E-state index contributed by atoms with van der Waals surface area (Å²) in [6, 6.07) is 7.58. The van der Waals surface area contributed by atoms with Crippen LogP contribution in [-0.2, 0) is 0 Å². The van der Waals surface area contributed by atoms with Gasteiger partial charge >= 0.3 is 0 Å². The third-order valence-corrected chi connectivity index (χ3v) is 2.48. The second kappa shape index (κ2) is 4.53. The van der Waals surface area contributed by atoms with Crippen molar-refractivity contribution >= 4 is 11.6 Å². The number of ether oxygens (including phenoxy) is 1. The first-order chi connectivity index (χ1) is 7.70. The summed E-state index contributed by atoms with van der Waals surface area (Å²) in [6.07, 6.45) is 1.82. The van der Waals surface area contributed by atoms with Crippen molar-refractivity contribution in [2.24, 2.45) is 0 Å². The monoisotopic (exact) mass is 237 g/mol. The number of nitrogens with zero attached hydrogens (tertiary/aromatic N) is 3. The Balaban J connectivity index is 2.28. The molecule has 0 spiro atoms. The first-order valence-corrected chi connectivity index (χ1v) is 5.35. The van der Waals surface area contributed by atoms with Gasteiger partial charge < -0.3 is 4.74 Å². The van der Waals surface area contributed by atoms with Crippen LogP contribution in [0.3, 0.4) is 0 Å². The Hall–Kier alpha value is -1.55. The average molecular weight is 238 g/mol. The van der Waals surface area contributed by atoms with Crippen LogP contribution in [0.25, 0.3) is 5.69 Å². The van der Waals surface area contributed by atoms with Crippen LogP contribution in [0.4, 0.5) is 0 Å². The zero-order valence-corrected chi connectivity index (χ0v) is 9.85. The standard InChI is InChI=1S/C11H12ClN3O/c1-8(12)11-7-15(14-13-11)9-3-5-10(16-2)6-4-9/h3-8H,1-2H3. The van der Waals surface area contributed by atoms with E-state index in [4.69, 9.17) is 16.3 Å². The first-order valence-electron chi connectivity index (χ1n) is 4.91. The third-order valence-electron chi connectivity index (χ3n) is 2.26. The largest absolute Gasteiger partial charge is 0.497 e. The van der Waals surface area contributed by atoms with Crippen molar-refractivity contribution in [3.63, 3.8) is 0 Å². The Kier molecular flexibility index (Phi) is 3.10. The van der Waals surface area contributed by atoms with Gasteiger partial charge in [-0.25, -0.2) is 4.68 Å². The molecule has 0 fully saturated rings. The van der Waals surface area contributed by atoms with Crippen molar-refractivity contribution in [1.82, 2.24) is 15.0 Å². The summed E-state index contributed by atoms with van der Waals surface area (Å²) in [6.45, 7) is 1.87. The zero-order chi connectivity index (χ0) is 11.5. The number of hydrogen-bond donors (Lipinski definition) is 0. The fraction of sp³-hybridized carbons (Fsp3) is 0.273. The van der Waals surface area contributed by atoms with Crippen LogP contribution in [0.15, 0.2) is 30.5 Å². The molecule has 0 aliphatic heterocycles. The van der Waals surface area contributed by atoms with Gasteiger partial charge in [0.15, 0.2) is 0 Å². The Morgan fingerprint density at radius 1 is 1.31 bits per heavy atom. The summed E-state index contributed by atoms with van der Waals surface area (Å²) in [5.41, 5.74) is 1.69. The fourth-order valence-corrected chi connectivity index (χ4v) is 1.42. The molecule has 0 saturated heterocycles. The number of aromatic nitrogens is 3. The SMILES string of the molecule is COc1ccc(-n2cc(C(C)Cl)nn2)cc1. The highest BCUT2D eigenvalue weighted by Crippen LogP contribution is 2.18. The zero-order valence-electron chi connectivity index (χ0n) is 9.09. The quantitative estimate of drug-likeness (QED) is 0.771. The lowest BCUT2D eigenvalue weighted by molar-refractivity contribution is 0.414. The van der Waals surface area contributed by atoms with Crippen LogP contribution >= 0.6 is 11.6 Å². The second-order valence-corrected chi connectivity index (χ2v) is 4.06.